The van der Waals surface area contributed by atoms with E-state index in [-0.39, 0.29) is 42.3 Å². The van der Waals surface area contributed by atoms with Crippen molar-refractivity contribution >= 4 is 26.8 Å². The molecule has 1 aliphatic heterocycles. The Balaban J connectivity index is 1.68. The first-order chi connectivity index (χ1) is 13.6. The molecule has 1 amide bonds. The first-order valence-corrected chi connectivity index (χ1v) is 10.5. The lowest BCUT2D eigenvalue weighted by Gasteiger charge is -2.31. The van der Waals surface area contributed by atoms with E-state index in [4.69, 9.17) is 4.74 Å². The molecule has 1 fully saturated rings. The summed E-state index contributed by atoms with van der Waals surface area (Å²) in [6, 6.07) is 5.05. The van der Waals surface area contributed by atoms with Crippen LogP contribution in [-0.4, -0.2) is 56.2 Å². The largest absolute Gasteiger partial charge is 0.483 e. The van der Waals surface area contributed by atoms with Gasteiger partial charge in [-0.3, -0.25) is 9.78 Å². The van der Waals surface area contributed by atoms with Crippen LogP contribution in [0.1, 0.15) is 18.4 Å². The highest BCUT2D eigenvalue weighted by molar-refractivity contribution is 7.90. The maximum Gasteiger partial charge on any atom is 0.418 e. The van der Waals surface area contributed by atoms with E-state index in [0.717, 1.165) is 6.07 Å². The van der Waals surface area contributed by atoms with Gasteiger partial charge in [0.25, 0.3) is 5.91 Å². The number of ether oxygens (including phenoxy) is 1. The van der Waals surface area contributed by atoms with Gasteiger partial charge in [0.1, 0.15) is 5.75 Å². The molecule has 0 atom stereocenters. The number of hydrogen-bond acceptors (Lipinski definition) is 5. The minimum atomic E-state index is -4.56. The number of likely N-dealkylation sites (tertiary alicyclic amines) is 1. The third-order valence-corrected chi connectivity index (χ3v) is 6.82. The molecule has 0 radical (unpaired) electrons. The predicted octanol–water partition coefficient (Wildman–Crippen LogP) is 2.17. The van der Waals surface area contributed by atoms with Crippen molar-refractivity contribution in [3.63, 3.8) is 0 Å². The summed E-state index contributed by atoms with van der Waals surface area (Å²) in [4.78, 5) is 17.7. The van der Waals surface area contributed by atoms with E-state index in [2.05, 4.69) is 9.71 Å². The summed E-state index contributed by atoms with van der Waals surface area (Å²) in [5, 5.41) is -0.392. The molecular weight excluding hydrogens is 411 g/mol. The standard InChI is InChI=1S/C18H20F3N3O4S/c1-22-29(26,27)12-6-9-24(10-7-12)16(25)11-28-15-5-8-23-17-13(15)3-2-4-14(17)18(19,20)21/h2-5,8,12,22H,6-7,9-11H2,1H3. The number of sulfonamides is 1. The number of carbonyl (C=O) groups is 1. The maximum absolute atomic E-state index is 13.2. The zero-order valence-corrected chi connectivity index (χ0v) is 16.4. The van der Waals surface area contributed by atoms with E-state index >= 15 is 0 Å². The first-order valence-electron chi connectivity index (χ1n) is 8.91. The van der Waals surface area contributed by atoms with Crippen LogP contribution in [-0.2, 0) is 21.0 Å². The summed E-state index contributed by atoms with van der Waals surface area (Å²) < 4.78 is 70.9. The van der Waals surface area contributed by atoms with Gasteiger partial charge in [-0.1, -0.05) is 6.07 Å². The van der Waals surface area contributed by atoms with Crippen molar-refractivity contribution in [1.82, 2.24) is 14.6 Å². The van der Waals surface area contributed by atoms with Crippen LogP contribution in [0, 0.1) is 0 Å². The van der Waals surface area contributed by atoms with Crippen molar-refractivity contribution in [1.29, 1.82) is 0 Å². The summed E-state index contributed by atoms with van der Waals surface area (Å²) in [6.07, 6.45) is -2.74. The number of para-hydroxylation sites is 1. The van der Waals surface area contributed by atoms with Gasteiger partial charge in [0, 0.05) is 24.7 Å². The number of pyridine rings is 1. The van der Waals surface area contributed by atoms with E-state index in [1.165, 1.54) is 36.3 Å². The molecule has 3 rings (SSSR count). The van der Waals surface area contributed by atoms with Crippen LogP contribution in [0.3, 0.4) is 0 Å². The smallest absolute Gasteiger partial charge is 0.418 e. The van der Waals surface area contributed by atoms with Crippen LogP contribution in [0.2, 0.25) is 0 Å². The third kappa shape index (κ3) is 4.61. The van der Waals surface area contributed by atoms with Gasteiger partial charge in [-0.05, 0) is 38.1 Å². The summed E-state index contributed by atoms with van der Waals surface area (Å²) >= 11 is 0. The number of aromatic nitrogens is 1. The molecule has 7 nitrogen and oxygen atoms in total. The summed E-state index contributed by atoms with van der Waals surface area (Å²) in [5.41, 5.74) is -1.12. The Morgan fingerprint density at radius 3 is 2.59 bits per heavy atom. The zero-order chi connectivity index (χ0) is 21.2. The van der Waals surface area contributed by atoms with E-state index in [9.17, 15) is 26.4 Å². The summed E-state index contributed by atoms with van der Waals surface area (Å²) in [7, 11) is -2.03. The Morgan fingerprint density at radius 1 is 1.28 bits per heavy atom. The Hall–Kier alpha value is -2.40. The van der Waals surface area contributed by atoms with Crippen molar-refractivity contribution in [3.8, 4) is 5.75 Å². The number of alkyl halides is 3. The van der Waals surface area contributed by atoms with Crippen molar-refractivity contribution in [2.45, 2.75) is 24.3 Å². The molecule has 1 aromatic heterocycles. The number of fused-ring (bicyclic) bond motifs is 1. The molecule has 0 saturated carbocycles. The molecule has 0 bridgehead atoms. The third-order valence-electron chi connectivity index (χ3n) is 4.91. The first kappa shape index (κ1) is 21.3. The Morgan fingerprint density at radius 2 is 1.97 bits per heavy atom. The average molecular weight is 431 g/mol. The van der Waals surface area contributed by atoms with Crippen molar-refractivity contribution in [3.05, 3.63) is 36.0 Å². The molecule has 1 aliphatic rings. The fraction of sp³-hybridized carbons (Fsp3) is 0.444. The molecule has 0 spiro atoms. The fourth-order valence-electron chi connectivity index (χ4n) is 3.32. The number of carbonyl (C=O) groups excluding carboxylic acids is 1. The fourth-order valence-corrected chi connectivity index (χ4v) is 4.48. The van der Waals surface area contributed by atoms with Gasteiger partial charge < -0.3 is 9.64 Å². The van der Waals surface area contributed by atoms with Gasteiger partial charge in [0.05, 0.1) is 16.3 Å². The highest BCUT2D eigenvalue weighted by atomic mass is 32.2. The number of hydrogen-bond donors (Lipinski definition) is 1. The van der Waals surface area contributed by atoms with Crippen molar-refractivity contribution in [2.24, 2.45) is 0 Å². The maximum atomic E-state index is 13.2. The second kappa shape index (κ2) is 8.15. The summed E-state index contributed by atoms with van der Waals surface area (Å²) in [5.74, 6) is -0.232. The number of piperidine rings is 1. The van der Waals surface area contributed by atoms with E-state index in [1.807, 2.05) is 0 Å². The number of nitrogens with zero attached hydrogens (tertiary/aromatic N) is 2. The van der Waals surface area contributed by atoms with Crippen LogP contribution < -0.4 is 9.46 Å². The van der Waals surface area contributed by atoms with Gasteiger partial charge in [-0.2, -0.15) is 13.2 Å². The second-order valence-corrected chi connectivity index (χ2v) is 8.79. The number of rotatable bonds is 5. The topological polar surface area (TPSA) is 88.6 Å². The van der Waals surface area contributed by atoms with Gasteiger partial charge in [0.2, 0.25) is 10.0 Å². The minimum Gasteiger partial charge on any atom is -0.483 e. The predicted molar refractivity (Wildman–Crippen MR) is 99.8 cm³/mol. The number of amides is 1. The number of nitrogens with one attached hydrogen (secondary N) is 1. The van der Waals surface area contributed by atoms with E-state index < -0.39 is 27.0 Å². The highest BCUT2D eigenvalue weighted by Crippen LogP contribution is 2.36. The van der Waals surface area contributed by atoms with E-state index in [0.29, 0.717) is 12.8 Å². The minimum absolute atomic E-state index is 0.127. The molecule has 0 aliphatic carbocycles. The molecule has 2 aromatic rings. The monoisotopic (exact) mass is 431 g/mol. The Kier molecular flexibility index (Phi) is 5.99. The molecular formula is C18H20F3N3O4S. The van der Waals surface area contributed by atoms with Crippen LogP contribution >= 0.6 is 0 Å². The molecule has 29 heavy (non-hydrogen) atoms. The van der Waals surface area contributed by atoms with Gasteiger partial charge in [-0.25, -0.2) is 13.1 Å². The molecule has 0 unspecified atom stereocenters. The van der Waals surface area contributed by atoms with Crippen LogP contribution in [0.5, 0.6) is 5.75 Å². The highest BCUT2D eigenvalue weighted by Gasteiger charge is 2.34. The lowest BCUT2D eigenvalue weighted by atomic mass is 10.1. The quantitative estimate of drug-likeness (QED) is 0.784. The number of halogens is 3. The van der Waals surface area contributed by atoms with Crippen LogP contribution in [0.4, 0.5) is 13.2 Å². The van der Waals surface area contributed by atoms with Crippen LogP contribution in [0.15, 0.2) is 30.5 Å². The molecule has 1 aromatic carbocycles. The number of benzene rings is 1. The molecule has 11 heteroatoms. The zero-order valence-electron chi connectivity index (χ0n) is 15.6. The van der Waals surface area contributed by atoms with E-state index in [1.54, 1.807) is 0 Å². The molecule has 158 valence electrons. The molecule has 2 heterocycles. The Bertz CT molecular complexity index is 1000. The second-order valence-electron chi connectivity index (χ2n) is 6.63. The van der Waals surface area contributed by atoms with Gasteiger partial charge in [-0.15, -0.1) is 0 Å². The SMILES string of the molecule is CNS(=O)(=O)C1CCN(C(=O)COc2ccnc3c(C(F)(F)F)cccc23)CC1. The normalized spacial score (nSPS) is 16.2. The van der Waals surface area contributed by atoms with Gasteiger partial charge >= 0.3 is 6.18 Å². The average Bonchev–Trinajstić information content (AvgIpc) is 2.70. The Labute approximate surface area is 165 Å². The molecule has 1 N–H and O–H groups in total. The van der Waals surface area contributed by atoms with Gasteiger partial charge in [0.15, 0.2) is 6.61 Å². The lowest BCUT2D eigenvalue weighted by molar-refractivity contribution is -0.136. The van der Waals surface area contributed by atoms with Crippen molar-refractivity contribution < 1.29 is 31.1 Å². The lowest BCUT2D eigenvalue weighted by Crippen LogP contribution is -2.46. The van der Waals surface area contributed by atoms with Crippen LogP contribution in [0.25, 0.3) is 10.9 Å². The molecule has 1 saturated heterocycles. The van der Waals surface area contributed by atoms with Crippen molar-refractivity contribution in [2.75, 3.05) is 26.7 Å². The summed E-state index contributed by atoms with van der Waals surface area (Å²) in [6.45, 7) is 0.172.